The minimum Gasteiger partial charge on any atom is -0.435 e. The lowest BCUT2D eigenvalue weighted by Gasteiger charge is -2.06. The molecule has 2 nitrogen and oxygen atoms in total. The molecule has 2 heteroatoms. The van der Waals surface area contributed by atoms with E-state index >= 15 is 0 Å². The quantitative estimate of drug-likeness (QED) is 0.476. The Morgan fingerprint density at radius 3 is 2.75 bits per heavy atom. The Morgan fingerprint density at radius 1 is 1.50 bits per heavy atom. The van der Waals surface area contributed by atoms with Crippen molar-refractivity contribution in [2.45, 2.75) is 38.5 Å². The summed E-state index contributed by atoms with van der Waals surface area (Å²) in [6.45, 7) is 3.34. The van der Waals surface area contributed by atoms with Gasteiger partial charge in [-0.2, -0.15) is 0 Å². The lowest BCUT2D eigenvalue weighted by Crippen LogP contribution is -2.02. The van der Waals surface area contributed by atoms with Gasteiger partial charge in [0.1, 0.15) is 0 Å². The minimum absolute atomic E-state index is 0.142. The maximum atomic E-state index is 10.9. The van der Waals surface area contributed by atoms with Gasteiger partial charge in [0.15, 0.2) is 0 Å². The topological polar surface area (TPSA) is 26.3 Å². The summed E-state index contributed by atoms with van der Waals surface area (Å²) in [6.07, 6.45) is 8.01. The first-order valence-electron chi connectivity index (χ1n) is 4.63. The van der Waals surface area contributed by atoms with Crippen molar-refractivity contribution >= 4 is 5.97 Å². The van der Waals surface area contributed by atoms with Crippen molar-refractivity contribution in [1.82, 2.24) is 0 Å². The van der Waals surface area contributed by atoms with Crippen LogP contribution in [-0.4, -0.2) is 5.97 Å². The smallest absolute Gasteiger partial charge is 0.310 e. The molecule has 0 amide bonds. The molecule has 1 aliphatic rings. The summed E-state index contributed by atoms with van der Waals surface area (Å²) in [4.78, 5) is 10.9. The van der Waals surface area contributed by atoms with Crippen molar-refractivity contribution in [3.05, 3.63) is 12.8 Å². The Hall–Kier alpha value is -0.790. The number of hydrogen-bond acceptors (Lipinski definition) is 2. The van der Waals surface area contributed by atoms with Crippen LogP contribution in [-0.2, 0) is 9.53 Å². The maximum absolute atomic E-state index is 10.9. The summed E-state index contributed by atoms with van der Waals surface area (Å²) >= 11 is 0. The van der Waals surface area contributed by atoms with E-state index in [4.69, 9.17) is 0 Å². The molecule has 1 fully saturated rings. The predicted molar refractivity (Wildman–Crippen MR) is 47.5 cm³/mol. The fourth-order valence-electron chi connectivity index (χ4n) is 1.77. The van der Waals surface area contributed by atoms with Gasteiger partial charge in [-0.1, -0.05) is 32.3 Å². The van der Waals surface area contributed by atoms with Crippen molar-refractivity contribution in [2.75, 3.05) is 0 Å². The maximum Gasteiger partial charge on any atom is 0.310 e. The number of hydrogen-bond donors (Lipinski definition) is 0. The van der Waals surface area contributed by atoms with Crippen LogP contribution in [0, 0.1) is 5.92 Å². The standard InChI is InChI=1S/C10H16O2/c1-2-12-10(11)8-7-9-5-3-4-6-9/h2,9H,1,3-8H2. The summed E-state index contributed by atoms with van der Waals surface area (Å²) in [6, 6.07) is 0. The van der Waals surface area contributed by atoms with E-state index in [1.807, 2.05) is 0 Å². The third kappa shape index (κ3) is 3.07. The fraction of sp³-hybridized carbons (Fsp3) is 0.700. The lowest BCUT2D eigenvalue weighted by atomic mass is 10.0. The number of rotatable bonds is 4. The van der Waals surface area contributed by atoms with Gasteiger partial charge in [-0.25, -0.2) is 0 Å². The van der Waals surface area contributed by atoms with Gasteiger partial charge in [0.25, 0.3) is 0 Å². The molecule has 0 N–H and O–H groups in total. The van der Waals surface area contributed by atoms with Crippen molar-refractivity contribution < 1.29 is 9.53 Å². The zero-order valence-electron chi connectivity index (χ0n) is 7.42. The Bertz CT molecular complexity index is 157. The Morgan fingerprint density at radius 2 is 2.17 bits per heavy atom. The van der Waals surface area contributed by atoms with Crippen LogP contribution in [0.25, 0.3) is 0 Å². The van der Waals surface area contributed by atoms with E-state index in [1.165, 1.54) is 31.9 Å². The van der Waals surface area contributed by atoms with E-state index in [2.05, 4.69) is 11.3 Å². The molecule has 0 unspecified atom stereocenters. The summed E-state index contributed by atoms with van der Waals surface area (Å²) in [5.41, 5.74) is 0. The predicted octanol–water partition coefficient (Wildman–Crippen LogP) is 2.64. The number of carbonyl (C=O) groups is 1. The van der Waals surface area contributed by atoms with Crippen LogP contribution < -0.4 is 0 Å². The zero-order chi connectivity index (χ0) is 8.81. The molecular formula is C10H16O2. The average molecular weight is 168 g/mol. The molecule has 0 heterocycles. The van der Waals surface area contributed by atoms with Crippen LogP contribution in [0.3, 0.4) is 0 Å². The van der Waals surface area contributed by atoms with Crippen molar-refractivity contribution in [3.8, 4) is 0 Å². The summed E-state index contributed by atoms with van der Waals surface area (Å²) in [5, 5.41) is 0. The SMILES string of the molecule is C=COC(=O)CCC1CCCC1. The van der Waals surface area contributed by atoms with Gasteiger partial charge in [-0.15, -0.1) is 0 Å². The third-order valence-electron chi connectivity index (χ3n) is 2.45. The number of ether oxygens (including phenoxy) is 1. The number of esters is 1. The second kappa shape index (κ2) is 4.96. The fourth-order valence-corrected chi connectivity index (χ4v) is 1.77. The molecule has 0 atom stereocenters. The summed E-state index contributed by atoms with van der Waals surface area (Å²) in [5.74, 6) is 0.624. The molecule has 68 valence electrons. The molecule has 0 aromatic carbocycles. The van der Waals surface area contributed by atoms with E-state index < -0.39 is 0 Å². The van der Waals surface area contributed by atoms with Gasteiger partial charge >= 0.3 is 5.97 Å². The van der Waals surface area contributed by atoms with E-state index in [9.17, 15) is 4.79 Å². The highest BCUT2D eigenvalue weighted by Gasteiger charge is 2.16. The first kappa shape index (κ1) is 9.30. The van der Waals surface area contributed by atoms with Gasteiger partial charge in [-0.3, -0.25) is 4.79 Å². The van der Waals surface area contributed by atoms with E-state index in [0.717, 1.165) is 12.3 Å². The van der Waals surface area contributed by atoms with Crippen LogP contribution in [0.4, 0.5) is 0 Å². The highest BCUT2D eigenvalue weighted by molar-refractivity contribution is 5.69. The van der Waals surface area contributed by atoms with Gasteiger partial charge in [0, 0.05) is 6.42 Å². The molecule has 0 bridgehead atoms. The molecule has 0 spiro atoms. The zero-order valence-corrected chi connectivity index (χ0v) is 7.42. The van der Waals surface area contributed by atoms with Gasteiger partial charge in [-0.05, 0) is 12.3 Å². The molecule has 0 saturated heterocycles. The monoisotopic (exact) mass is 168 g/mol. The molecule has 1 aliphatic carbocycles. The molecule has 0 aromatic rings. The molecule has 12 heavy (non-hydrogen) atoms. The van der Waals surface area contributed by atoms with Crippen molar-refractivity contribution in [1.29, 1.82) is 0 Å². The molecular weight excluding hydrogens is 152 g/mol. The van der Waals surface area contributed by atoms with Gasteiger partial charge < -0.3 is 4.74 Å². The van der Waals surface area contributed by atoms with Crippen LogP contribution in [0.1, 0.15) is 38.5 Å². The van der Waals surface area contributed by atoms with Crippen LogP contribution in [0.2, 0.25) is 0 Å². The van der Waals surface area contributed by atoms with Gasteiger partial charge in [0.05, 0.1) is 6.26 Å². The molecule has 1 saturated carbocycles. The normalized spacial score (nSPS) is 17.7. The van der Waals surface area contributed by atoms with Crippen LogP contribution in [0.5, 0.6) is 0 Å². The van der Waals surface area contributed by atoms with Gasteiger partial charge in [0.2, 0.25) is 0 Å². The highest BCUT2D eigenvalue weighted by atomic mass is 16.5. The second-order valence-corrected chi connectivity index (χ2v) is 3.35. The number of carbonyl (C=O) groups excluding carboxylic acids is 1. The first-order valence-corrected chi connectivity index (χ1v) is 4.63. The molecule has 0 aliphatic heterocycles. The van der Waals surface area contributed by atoms with Crippen molar-refractivity contribution in [3.63, 3.8) is 0 Å². The molecule has 0 radical (unpaired) electrons. The summed E-state index contributed by atoms with van der Waals surface area (Å²) in [7, 11) is 0. The molecule has 1 rings (SSSR count). The Labute approximate surface area is 73.6 Å². The minimum atomic E-state index is -0.142. The average Bonchev–Trinajstić information content (AvgIpc) is 2.53. The Balaban J connectivity index is 2.07. The van der Waals surface area contributed by atoms with Crippen molar-refractivity contribution in [2.24, 2.45) is 5.92 Å². The first-order chi connectivity index (χ1) is 5.83. The second-order valence-electron chi connectivity index (χ2n) is 3.35. The van der Waals surface area contributed by atoms with E-state index in [1.54, 1.807) is 0 Å². The summed E-state index contributed by atoms with van der Waals surface area (Å²) < 4.78 is 4.63. The Kier molecular flexibility index (Phi) is 3.85. The molecule has 0 aromatic heterocycles. The van der Waals surface area contributed by atoms with Crippen LogP contribution in [0.15, 0.2) is 12.8 Å². The lowest BCUT2D eigenvalue weighted by molar-refractivity contribution is -0.138. The highest BCUT2D eigenvalue weighted by Crippen LogP contribution is 2.28. The van der Waals surface area contributed by atoms with E-state index in [0.29, 0.717) is 6.42 Å². The van der Waals surface area contributed by atoms with Crippen LogP contribution >= 0.6 is 0 Å². The van der Waals surface area contributed by atoms with E-state index in [-0.39, 0.29) is 5.97 Å². The third-order valence-corrected chi connectivity index (χ3v) is 2.45. The largest absolute Gasteiger partial charge is 0.435 e.